The van der Waals surface area contributed by atoms with E-state index >= 15 is 0 Å². The quantitative estimate of drug-likeness (QED) is 0.830. The van der Waals surface area contributed by atoms with Gasteiger partial charge in [0.15, 0.2) is 0 Å². The van der Waals surface area contributed by atoms with E-state index in [1.807, 2.05) is 24.3 Å². The molecule has 1 aromatic heterocycles. The fourth-order valence-electron chi connectivity index (χ4n) is 2.58. The van der Waals surface area contributed by atoms with Crippen LogP contribution in [0.25, 0.3) is 0 Å². The SMILES string of the molecule is Cn1c2c(c(=O)n(C)c1=O)CC(Cc1cccc(Br)c1)=N2. The minimum Gasteiger partial charge on any atom is -0.281 e. The summed E-state index contributed by atoms with van der Waals surface area (Å²) in [5.74, 6) is 0.494. The summed E-state index contributed by atoms with van der Waals surface area (Å²) in [5.41, 5.74) is 2.04. The summed E-state index contributed by atoms with van der Waals surface area (Å²) < 4.78 is 3.58. The third-order valence-electron chi connectivity index (χ3n) is 3.67. The van der Waals surface area contributed by atoms with E-state index in [-0.39, 0.29) is 11.2 Å². The topological polar surface area (TPSA) is 56.4 Å². The van der Waals surface area contributed by atoms with Gasteiger partial charge in [-0.3, -0.25) is 13.9 Å². The molecule has 1 aliphatic heterocycles. The number of nitrogens with zero attached hydrogens (tertiary/aromatic N) is 3. The van der Waals surface area contributed by atoms with Crippen LogP contribution in [-0.4, -0.2) is 14.8 Å². The van der Waals surface area contributed by atoms with Crippen molar-refractivity contribution in [3.05, 3.63) is 60.7 Å². The van der Waals surface area contributed by atoms with Crippen LogP contribution in [0.15, 0.2) is 43.3 Å². The number of rotatable bonds is 2. The van der Waals surface area contributed by atoms with E-state index in [0.717, 1.165) is 20.3 Å². The van der Waals surface area contributed by atoms with Gasteiger partial charge in [0.2, 0.25) is 0 Å². The summed E-state index contributed by atoms with van der Waals surface area (Å²) in [6.07, 6.45) is 1.17. The van der Waals surface area contributed by atoms with E-state index in [4.69, 9.17) is 0 Å². The van der Waals surface area contributed by atoms with Crippen molar-refractivity contribution in [2.24, 2.45) is 19.1 Å². The van der Waals surface area contributed by atoms with E-state index in [1.165, 1.54) is 11.6 Å². The zero-order chi connectivity index (χ0) is 15.1. The van der Waals surface area contributed by atoms with E-state index in [9.17, 15) is 9.59 Å². The molecule has 108 valence electrons. The first kappa shape index (κ1) is 14.0. The number of halogens is 1. The predicted molar refractivity (Wildman–Crippen MR) is 85.6 cm³/mol. The molecule has 0 aliphatic carbocycles. The molecule has 2 aromatic rings. The summed E-state index contributed by atoms with van der Waals surface area (Å²) >= 11 is 3.44. The van der Waals surface area contributed by atoms with Crippen LogP contribution in [-0.2, 0) is 26.9 Å². The summed E-state index contributed by atoms with van der Waals surface area (Å²) in [7, 11) is 3.14. The van der Waals surface area contributed by atoms with Gasteiger partial charge >= 0.3 is 5.69 Å². The summed E-state index contributed by atoms with van der Waals surface area (Å²) in [6.45, 7) is 0. The van der Waals surface area contributed by atoms with Crippen molar-refractivity contribution in [3.63, 3.8) is 0 Å². The Hall–Kier alpha value is -1.95. The number of fused-ring (bicyclic) bond motifs is 1. The minimum atomic E-state index is -0.341. The molecule has 0 N–H and O–H groups in total. The van der Waals surface area contributed by atoms with Gasteiger partial charge in [0.05, 0.1) is 5.56 Å². The molecule has 0 saturated carbocycles. The number of benzene rings is 1. The van der Waals surface area contributed by atoms with Crippen molar-refractivity contribution >= 4 is 27.5 Å². The molecule has 0 spiro atoms. The summed E-state index contributed by atoms with van der Waals surface area (Å²) in [5, 5.41) is 0. The highest BCUT2D eigenvalue weighted by Gasteiger charge is 2.22. The third-order valence-corrected chi connectivity index (χ3v) is 4.16. The van der Waals surface area contributed by atoms with E-state index < -0.39 is 0 Å². The zero-order valence-electron chi connectivity index (χ0n) is 11.8. The van der Waals surface area contributed by atoms with Gasteiger partial charge < -0.3 is 0 Å². The lowest BCUT2D eigenvalue weighted by molar-refractivity contribution is 0.682. The van der Waals surface area contributed by atoms with Crippen molar-refractivity contribution in [3.8, 4) is 0 Å². The Balaban J connectivity index is 2.00. The average Bonchev–Trinajstić information content (AvgIpc) is 2.87. The molecule has 3 rings (SSSR count). The first-order valence-electron chi connectivity index (χ1n) is 6.57. The number of hydrogen-bond donors (Lipinski definition) is 0. The van der Waals surface area contributed by atoms with Crippen molar-refractivity contribution in [2.75, 3.05) is 0 Å². The maximum atomic E-state index is 12.2. The lowest BCUT2D eigenvalue weighted by Gasteiger charge is -2.05. The molecule has 0 radical (unpaired) electrons. The zero-order valence-corrected chi connectivity index (χ0v) is 13.3. The molecule has 2 heterocycles. The number of aromatic nitrogens is 2. The van der Waals surface area contributed by atoms with Crippen LogP contribution in [0.3, 0.4) is 0 Å². The molecule has 1 aromatic carbocycles. The maximum absolute atomic E-state index is 12.2. The molecule has 0 atom stereocenters. The number of hydrogen-bond acceptors (Lipinski definition) is 3. The molecule has 0 saturated heterocycles. The van der Waals surface area contributed by atoms with Crippen LogP contribution in [0.4, 0.5) is 5.82 Å². The first-order valence-corrected chi connectivity index (χ1v) is 7.36. The predicted octanol–water partition coefficient (Wildman–Crippen LogP) is 1.72. The van der Waals surface area contributed by atoms with Crippen molar-refractivity contribution in [2.45, 2.75) is 12.8 Å². The average molecular weight is 348 g/mol. The second-order valence-electron chi connectivity index (χ2n) is 5.17. The summed E-state index contributed by atoms with van der Waals surface area (Å²) in [4.78, 5) is 28.6. The standard InChI is InChI=1S/C15H14BrN3O2/c1-18-13-12(14(20)19(2)15(18)21)8-11(17-13)7-9-4-3-5-10(16)6-9/h3-6H,7-8H2,1-2H3. The molecule has 0 amide bonds. The van der Waals surface area contributed by atoms with Crippen LogP contribution in [0.1, 0.15) is 11.1 Å². The molecule has 21 heavy (non-hydrogen) atoms. The van der Waals surface area contributed by atoms with Gasteiger partial charge in [0, 0.05) is 37.1 Å². The van der Waals surface area contributed by atoms with Gasteiger partial charge in [-0.1, -0.05) is 28.1 Å². The fourth-order valence-corrected chi connectivity index (χ4v) is 3.02. The first-order chi connectivity index (χ1) is 9.97. The lowest BCUT2D eigenvalue weighted by Crippen LogP contribution is -2.38. The molecular formula is C15H14BrN3O2. The fraction of sp³-hybridized carbons (Fsp3) is 0.267. The van der Waals surface area contributed by atoms with Crippen LogP contribution in [0.2, 0.25) is 0 Å². The monoisotopic (exact) mass is 347 g/mol. The van der Waals surface area contributed by atoms with Gasteiger partial charge in [-0.15, -0.1) is 0 Å². The Morgan fingerprint density at radius 3 is 2.71 bits per heavy atom. The third kappa shape index (κ3) is 2.40. The molecular weight excluding hydrogens is 334 g/mol. The smallest absolute Gasteiger partial charge is 0.281 e. The van der Waals surface area contributed by atoms with Crippen molar-refractivity contribution in [1.82, 2.24) is 9.13 Å². The lowest BCUT2D eigenvalue weighted by atomic mass is 10.1. The van der Waals surface area contributed by atoms with Crippen LogP contribution < -0.4 is 11.2 Å². The highest BCUT2D eigenvalue weighted by molar-refractivity contribution is 9.10. The van der Waals surface area contributed by atoms with Gasteiger partial charge in [-0.05, 0) is 17.7 Å². The largest absolute Gasteiger partial charge is 0.332 e. The Kier molecular flexibility index (Phi) is 3.41. The van der Waals surface area contributed by atoms with Crippen LogP contribution in [0.5, 0.6) is 0 Å². The van der Waals surface area contributed by atoms with Crippen molar-refractivity contribution < 1.29 is 0 Å². The van der Waals surface area contributed by atoms with Gasteiger partial charge in [0.1, 0.15) is 5.82 Å². The Morgan fingerprint density at radius 1 is 1.24 bits per heavy atom. The molecule has 5 nitrogen and oxygen atoms in total. The summed E-state index contributed by atoms with van der Waals surface area (Å²) in [6, 6.07) is 7.99. The van der Waals surface area contributed by atoms with E-state index in [2.05, 4.69) is 20.9 Å². The van der Waals surface area contributed by atoms with Crippen LogP contribution in [0, 0.1) is 0 Å². The Labute approximate surface area is 129 Å². The molecule has 0 bridgehead atoms. The normalized spacial score (nSPS) is 13.2. The van der Waals surface area contributed by atoms with Crippen molar-refractivity contribution in [1.29, 1.82) is 0 Å². The van der Waals surface area contributed by atoms with E-state index in [0.29, 0.717) is 24.2 Å². The molecule has 0 fully saturated rings. The minimum absolute atomic E-state index is 0.249. The van der Waals surface area contributed by atoms with Gasteiger partial charge in [-0.2, -0.15) is 0 Å². The molecule has 6 heteroatoms. The van der Waals surface area contributed by atoms with Gasteiger partial charge in [-0.25, -0.2) is 9.79 Å². The maximum Gasteiger partial charge on any atom is 0.332 e. The number of aliphatic imine (C=N–C) groups is 1. The second kappa shape index (κ2) is 5.11. The highest BCUT2D eigenvalue weighted by atomic mass is 79.9. The molecule has 1 aliphatic rings. The van der Waals surface area contributed by atoms with Gasteiger partial charge in [0.25, 0.3) is 5.56 Å². The highest BCUT2D eigenvalue weighted by Crippen LogP contribution is 2.23. The van der Waals surface area contributed by atoms with E-state index in [1.54, 1.807) is 7.05 Å². The second-order valence-corrected chi connectivity index (χ2v) is 6.09. The Morgan fingerprint density at radius 2 is 2.00 bits per heavy atom. The molecule has 0 unspecified atom stereocenters. The Bertz CT molecular complexity index is 877. The van der Waals surface area contributed by atoms with Crippen LogP contribution >= 0.6 is 15.9 Å².